The fourth-order valence-corrected chi connectivity index (χ4v) is 1.08. The van der Waals surface area contributed by atoms with Crippen molar-refractivity contribution in [2.24, 2.45) is 0 Å². The molecule has 1 atom stereocenters. The van der Waals surface area contributed by atoms with Crippen molar-refractivity contribution in [1.82, 2.24) is 0 Å². The van der Waals surface area contributed by atoms with Crippen molar-refractivity contribution in [3.63, 3.8) is 0 Å². The molecule has 0 aromatic heterocycles. The smallest absolute Gasteiger partial charge is 0.258 e. The Morgan fingerprint density at radius 1 is 1.64 bits per heavy atom. The summed E-state index contributed by atoms with van der Waals surface area (Å²) in [5, 5.41) is 18.9. The van der Waals surface area contributed by atoms with Crippen LogP contribution in [-0.2, 0) is 0 Å². The topological polar surface area (TPSA) is 66.9 Å². The van der Waals surface area contributed by atoms with Gasteiger partial charge in [-0.2, -0.15) is 9.65 Å². The highest BCUT2D eigenvalue weighted by Crippen LogP contribution is 2.25. The third-order valence-corrected chi connectivity index (χ3v) is 1.87. The second-order valence-corrected chi connectivity index (χ2v) is 2.79. The second-order valence-electron chi connectivity index (χ2n) is 2.79. The van der Waals surface area contributed by atoms with Gasteiger partial charge < -0.3 is 0 Å². The van der Waals surface area contributed by atoms with Crippen LogP contribution in [0, 0.1) is 27.3 Å². The van der Waals surface area contributed by atoms with Gasteiger partial charge in [0.25, 0.3) is 0 Å². The molecule has 1 unspecified atom stereocenters. The van der Waals surface area contributed by atoms with Gasteiger partial charge in [-0.15, -0.1) is 0 Å². The van der Waals surface area contributed by atoms with Gasteiger partial charge in [-0.1, -0.05) is 12.1 Å². The van der Waals surface area contributed by atoms with Crippen molar-refractivity contribution in [3.8, 4) is 6.07 Å². The highest BCUT2D eigenvalue weighted by atomic mass is 19.1. The Morgan fingerprint density at radius 3 is 2.79 bits per heavy atom. The van der Waals surface area contributed by atoms with E-state index in [-0.39, 0.29) is 5.56 Å². The number of nitro groups is 1. The van der Waals surface area contributed by atoms with Crippen LogP contribution in [0.25, 0.3) is 0 Å². The average molecular weight is 194 g/mol. The van der Waals surface area contributed by atoms with E-state index < -0.39 is 22.3 Å². The molecule has 0 fully saturated rings. The average Bonchev–Trinajstić information content (AvgIpc) is 2.16. The number of halogens is 1. The van der Waals surface area contributed by atoms with Crippen LogP contribution in [0.2, 0.25) is 0 Å². The molecule has 0 heterocycles. The number of hydrogen-bond donors (Lipinski definition) is 0. The molecule has 0 spiro atoms. The van der Waals surface area contributed by atoms with Gasteiger partial charge in [0.05, 0.1) is 16.9 Å². The van der Waals surface area contributed by atoms with E-state index in [0.717, 1.165) is 6.07 Å². The number of hydrogen-bond acceptors (Lipinski definition) is 3. The summed E-state index contributed by atoms with van der Waals surface area (Å²) in [5.41, 5.74) is -0.536. The monoisotopic (exact) mass is 194 g/mol. The summed E-state index contributed by atoms with van der Waals surface area (Å²) >= 11 is 0. The van der Waals surface area contributed by atoms with Crippen LogP contribution in [0.5, 0.6) is 0 Å². The molecule has 0 aliphatic rings. The molecule has 0 N–H and O–H groups in total. The van der Waals surface area contributed by atoms with Gasteiger partial charge in [0.1, 0.15) is 0 Å². The Bertz CT molecular complexity index is 412. The van der Waals surface area contributed by atoms with E-state index in [1.54, 1.807) is 0 Å². The number of rotatable bonds is 2. The molecule has 0 bridgehead atoms. The summed E-state index contributed by atoms with van der Waals surface area (Å²) in [6.07, 6.45) is 0. The summed E-state index contributed by atoms with van der Waals surface area (Å²) in [7, 11) is 0. The third-order valence-electron chi connectivity index (χ3n) is 1.87. The summed E-state index contributed by atoms with van der Waals surface area (Å²) in [5.74, 6) is -1.61. The molecule has 1 aromatic carbocycles. The van der Waals surface area contributed by atoms with Crippen LogP contribution in [-0.4, -0.2) is 4.92 Å². The molecular formula is C9H7FN2O2. The van der Waals surface area contributed by atoms with Crippen LogP contribution in [0.3, 0.4) is 0 Å². The van der Waals surface area contributed by atoms with Crippen molar-refractivity contribution in [1.29, 1.82) is 5.26 Å². The summed E-state index contributed by atoms with van der Waals surface area (Å²) in [6.45, 7) is 1.49. The minimum absolute atomic E-state index is 0.0571. The SMILES string of the molecule is CC(C#N)c1cccc([N+](=O)[O-])c1F. The first kappa shape index (κ1) is 10.1. The van der Waals surface area contributed by atoms with Crippen molar-refractivity contribution in [3.05, 3.63) is 39.7 Å². The van der Waals surface area contributed by atoms with Crippen LogP contribution < -0.4 is 0 Å². The Kier molecular flexibility index (Phi) is 2.77. The minimum atomic E-state index is -0.924. The molecule has 72 valence electrons. The number of nitriles is 1. The zero-order valence-electron chi connectivity index (χ0n) is 7.40. The molecule has 0 saturated carbocycles. The van der Waals surface area contributed by atoms with E-state index in [1.807, 2.05) is 6.07 Å². The van der Waals surface area contributed by atoms with Gasteiger partial charge in [0.15, 0.2) is 0 Å². The van der Waals surface area contributed by atoms with Crippen LogP contribution in [0.4, 0.5) is 10.1 Å². The van der Waals surface area contributed by atoms with Gasteiger partial charge in [0, 0.05) is 11.6 Å². The van der Waals surface area contributed by atoms with Gasteiger partial charge in [-0.05, 0) is 6.92 Å². The maximum Gasteiger partial charge on any atom is 0.305 e. The zero-order valence-corrected chi connectivity index (χ0v) is 7.40. The van der Waals surface area contributed by atoms with Crippen LogP contribution in [0.1, 0.15) is 18.4 Å². The van der Waals surface area contributed by atoms with Crippen molar-refractivity contribution in [2.45, 2.75) is 12.8 Å². The van der Waals surface area contributed by atoms with E-state index in [4.69, 9.17) is 5.26 Å². The molecule has 4 nitrogen and oxygen atoms in total. The molecule has 0 amide bonds. The predicted octanol–water partition coefficient (Wildman–Crippen LogP) is 2.36. The van der Waals surface area contributed by atoms with E-state index in [9.17, 15) is 14.5 Å². The molecule has 0 radical (unpaired) electrons. The lowest BCUT2D eigenvalue weighted by atomic mass is 10.0. The molecular weight excluding hydrogens is 187 g/mol. The van der Waals surface area contributed by atoms with Crippen molar-refractivity contribution < 1.29 is 9.31 Å². The van der Waals surface area contributed by atoms with Gasteiger partial charge in [-0.25, -0.2) is 0 Å². The Morgan fingerprint density at radius 2 is 2.29 bits per heavy atom. The third kappa shape index (κ3) is 1.69. The minimum Gasteiger partial charge on any atom is -0.258 e. The molecule has 14 heavy (non-hydrogen) atoms. The lowest BCUT2D eigenvalue weighted by molar-refractivity contribution is -0.387. The molecule has 5 heteroatoms. The number of nitro benzene ring substituents is 1. The largest absolute Gasteiger partial charge is 0.305 e. The first-order chi connectivity index (χ1) is 6.57. The molecule has 0 saturated heterocycles. The van der Waals surface area contributed by atoms with Crippen LogP contribution in [0.15, 0.2) is 18.2 Å². The lowest BCUT2D eigenvalue weighted by Gasteiger charge is -2.03. The normalized spacial score (nSPS) is 11.8. The first-order valence-electron chi connectivity index (χ1n) is 3.90. The van der Waals surface area contributed by atoms with E-state index in [1.165, 1.54) is 19.1 Å². The Hall–Kier alpha value is -1.96. The van der Waals surface area contributed by atoms with Crippen molar-refractivity contribution >= 4 is 5.69 Å². The van der Waals surface area contributed by atoms with E-state index >= 15 is 0 Å². The highest BCUT2D eigenvalue weighted by molar-refractivity contribution is 5.39. The fourth-order valence-electron chi connectivity index (χ4n) is 1.08. The maximum absolute atomic E-state index is 13.4. The summed E-state index contributed by atoms with van der Waals surface area (Å²) in [6, 6.07) is 5.63. The summed E-state index contributed by atoms with van der Waals surface area (Å²) in [4.78, 5) is 9.56. The van der Waals surface area contributed by atoms with Gasteiger partial charge in [0.2, 0.25) is 5.82 Å². The molecule has 1 rings (SSSR count). The standard InChI is InChI=1S/C9H7FN2O2/c1-6(5-11)7-3-2-4-8(9(7)10)12(13)14/h2-4,6H,1H3. The number of nitrogens with zero attached hydrogens (tertiary/aromatic N) is 2. The zero-order chi connectivity index (χ0) is 10.7. The predicted molar refractivity (Wildman–Crippen MR) is 47.1 cm³/mol. The van der Waals surface area contributed by atoms with E-state index in [0.29, 0.717) is 0 Å². The highest BCUT2D eigenvalue weighted by Gasteiger charge is 2.20. The maximum atomic E-state index is 13.4. The first-order valence-corrected chi connectivity index (χ1v) is 3.90. The van der Waals surface area contributed by atoms with E-state index in [2.05, 4.69) is 0 Å². The lowest BCUT2D eigenvalue weighted by Crippen LogP contribution is -1.99. The second kappa shape index (κ2) is 3.83. The Labute approximate surface area is 79.7 Å². The fraction of sp³-hybridized carbons (Fsp3) is 0.222. The van der Waals surface area contributed by atoms with Crippen LogP contribution >= 0.6 is 0 Å². The number of benzene rings is 1. The summed E-state index contributed by atoms with van der Waals surface area (Å²) < 4.78 is 13.4. The molecule has 0 aliphatic heterocycles. The Balaban J connectivity index is 3.29. The van der Waals surface area contributed by atoms with Gasteiger partial charge in [-0.3, -0.25) is 10.1 Å². The van der Waals surface area contributed by atoms with Crippen molar-refractivity contribution in [2.75, 3.05) is 0 Å². The molecule has 0 aliphatic carbocycles. The quantitative estimate of drug-likeness (QED) is 0.536. The molecule has 1 aromatic rings. The van der Waals surface area contributed by atoms with Gasteiger partial charge >= 0.3 is 5.69 Å².